The van der Waals surface area contributed by atoms with Crippen LogP contribution in [0.3, 0.4) is 0 Å². The molecule has 0 spiro atoms. The van der Waals surface area contributed by atoms with Crippen LogP contribution in [0, 0.1) is 5.92 Å². The van der Waals surface area contributed by atoms with E-state index in [9.17, 15) is 4.79 Å². The lowest BCUT2D eigenvalue weighted by Gasteiger charge is -2.29. The van der Waals surface area contributed by atoms with Gasteiger partial charge in [-0.25, -0.2) is 0 Å². The molecule has 5 nitrogen and oxygen atoms in total. The van der Waals surface area contributed by atoms with Crippen LogP contribution < -0.4 is 10.6 Å². The molecule has 0 aromatic heterocycles. The normalized spacial score (nSPS) is 23.6. The van der Waals surface area contributed by atoms with Crippen LogP contribution in [0.1, 0.15) is 59.8 Å². The molecule has 122 valence electrons. The number of nitrogens with one attached hydrogen (secondary N) is 2. The molecule has 0 radical (unpaired) electrons. The number of aliphatic imine (C=N–C) groups is 1. The highest BCUT2D eigenvalue weighted by atomic mass is 16.6. The van der Waals surface area contributed by atoms with Gasteiger partial charge in [-0.3, -0.25) is 9.79 Å². The number of carbonyl (C=O) groups excluding carboxylic acids is 1. The molecular formula is C16H31N3O2. The minimum Gasteiger partial charge on any atom is -0.459 e. The van der Waals surface area contributed by atoms with E-state index in [0.29, 0.717) is 12.0 Å². The number of carbonyl (C=O) groups is 1. The lowest BCUT2D eigenvalue weighted by molar-refractivity contribution is -0.153. The van der Waals surface area contributed by atoms with Gasteiger partial charge in [-0.2, -0.15) is 0 Å². The predicted octanol–water partition coefficient (Wildman–Crippen LogP) is 2.46. The summed E-state index contributed by atoms with van der Waals surface area (Å²) in [5, 5.41) is 6.43. The third-order valence-corrected chi connectivity index (χ3v) is 3.81. The van der Waals surface area contributed by atoms with Gasteiger partial charge in [-0.05, 0) is 52.4 Å². The van der Waals surface area contributed by atoms with Gasteiger partial charge in [-0.15, -0.1) is 0 Å². The summed E-state index contributed by atoms with van der Waals surface area (Å²) < 4.78 is 5.27. The molecule has 1 fully saturated rings. The summed E-state index contributed by atoms with van der Waals surface area (Å²) >= 11 is 0. The van der Waals surface area contributed by atoms with E-state index in [4.69, 9.17) is 4.74 Å². The van der Waals surface area contributed by atoms with Crippen LogP contribution in [0.2, 0.25) is 0 Å². The fraction of sp³-hybridized carbons (Fsp3) is 0.875. The van der Waals surface area contributed by atoms with Gasteiger partial charge >= 0.3 is 5.97 Å². The molecule has 0 aliphatic heterocycles. The van der Waals surface area contributed by atoms with Gasteiger partial charge < -0.3 is 15.4 Å². The standard InChI is InChI=1S/C16H31N3O2/c1-6-12-7-9-13(10-8-12)19-15(17-5)18-11-14(20)21-16(2,3)4/h12-13H,6-11H2,1-5H3,(H2,17,18,19). The highest BCUT2D eigenvalue weighted by molar-refractivity contribution is 5.84. The number of nitrogens with zero attached hydrogens (tertiary/aromatic N) is 1. The first-order valence-electron chi connectivity index (χ1n) is 8.03. The average Bonchev–Trinajstić information content (AvgIpc) is 2.42. The molecule has 0 atom stereocenters. The van der Waals surface area contributed by atoms with Gasteiger partial charge in [0.15, 0.2) is 5.96 Å². The van der Waals surface area contributed by atoms with E-state index >= 15 is 0 Å². The minimum atomic E-state index is -0.450. The van der Waals surface area contributed by atoms with Crippen LogP contribution in [0.15, 0.2) is 4.99 Å². The first-order chi connectivity index (χ1) is 9.84. The van der Waals surface area contributed by atoms with E-state index < -0.39 is 5.60 Å². The number of ether oxygens (including phenoxy) is 1. The summed E-state index contributed by atoms with van der Waals surface area (Å²) in [6, 6.07) is 0.456. The van der Waals surface area contributed by atoms with Gasteiger partial charge in [-0.1, -0.05) is 13.3 Å². The Morgan fingerprint density at radius 1 is 1.24 bits per heavy atom. The second-order valence-electron chi connectivity index (χ2n) is 6.78. The largest absolute Gasteiger partial charge is 0.459 e. The van der Waals surface area contributed by atoms with Crippen molar-refractivity contribution in [3.63, 3.8) is 0 Å². The van der Waals surface area contributed by atoms with Crippen LogP contribution >= 0.6 is 0 Å². The summed E-state index contributed by atoms with van der Waals surface area (Å²) in [7, 11) is 1.72. The summed E-state index contributed by atoms with van der Waals surface area (Å²) in [5.41, 5.74) is -0.450. The molecule has 21 heavy (non-hydrogen) atoms. The van der Waals surface area contributed by atoms with Crippen molar-refractivity contribution in [2.24, 2.45) is 10.9 Å². The third-order valence-electron chi connectivity index (χ3n) is 3.81. The molecule has 0 unspecified atom stereocenters. The zero-order chi connectivity index (χ0) is 15.9. The number of guanidine groups is 1. The van der Waals surface area contributed by atoms with Gasteiger partial charge in [0.1, 0.15) is 12.1 Å². The van der Waals surface area contributed by atoms with Crippen molar-refractivity contribution in [1.82, 2.24) is 10.6 Å². The molecule has 1 rings (SSSR count). The Kier molecular flexibility index (Phi) is 6.99. The smallest absolute Gasteiger partial charge is 0.325 e. The summed E-state index contributed by atoms with van der Waals surface area (Å²) in [6.07, 6.45) is 6.17. The molecule has 1 aliphatic rings. The maximum Gasteiger partial charge on any atom is 0.325 e. The van der Waals surface area contributed by atoms with Gasteiger partial charge in [0.25, 0.3) is 0 Å². The zero-order valence-electron chi connectivity index (χ0n) is 14.2. The van der Waals surface area contributed by atoms with Crippen LogP contribution in [0.5, 0.6) is 0 Å². The van der Waals surface area contributed by atoms with E-state index in [1.165, 1.54) is 32.1 Å². The molecule has 0 amide bonds. The Morgan fingerprint density at radius 2 is 1.86 bits per heavy atom. The van der Waals surface area contributed by atoms with E-state index in [1.54, 1.807) is 7.05 Å². The molecule has 0 aromatic carbocycles. The van der Waals surface area contributed by atoms with Crippen molar-refractivity contribution >= 4 is 11.9 Å². The summed E-state index contributed by atoms with van der Waals surface area (Å²) in [5.74, 6) is 1.29. The van der Waals surface area contributed by atoms with Gasteiger partial charge in [0, 0.05) is 13.1 Å². The predicted molar refractivity (Wildman–Crippen MR) is 86.4 cm³/mol. The maximum atomic E-state index is 11.7. The second kappa shape index (κ2) is 8.25. The first-order valence-corrected chi connectivity index (χ1v) is 8.03. The van der Waals surface area contributed by atoms with E-state index in [1.807, 2.05) is 20.8 Å². The zero-order valence-corrected chi connectivity index (χ0v) is 14.2. The molecule has 1 aliphatic carbocycles. The molecular weight excluding hydrogens is 266 g/mol. The molecule has 5 heteroatoms. The summed E-state index contributed by atoms with van der Waals surface area (Å²) in [6.45, 7) is 8.00. The van der Waals surface area contributed by atoms with Crippen molar-refractivity contribution in [3.05, 3.63) is 0 Å². The lowest BCUT2D eigenvalue weighted by Crippen LogP contribution is -2.46. The van der Waals surface area contributed by atoms with Crippen LogP contribution in [-0.2, 0) is 9.53 Å². The quantitative estimate of drug-likeness (QED) is 0.475. The molecule has 0 heterocycles. The Labute approximate surface area is 128 Å². The lowest BCUT2D eigenvalue weighted by atomic mass is 9.84. The van der Waals surface area contributed by atoms with Crippen molar-refractivity contribution in [2.75, 3.05) is 13.6 Å². The van der Waals surface area contributed by atoms with Gasteiger partial charge in [0.05, 0.1) is 0 Å². The number of rotatable bonds is 4. The second-order valence-corrected chi connectivity index (χ2v) is 6.78. The molecule has 0 aromatic rings. The average molecular weight is 297 g/mol. The van der Waals surface area contributed by atoms with Crippen LogP contribution in [0.4, 0.5) is 0 Å². The Morgan fingerprint density at radius 3 is 2.33 bits per heavy atom. The van der Waals surface area contributed by atoms with Crippen molar-refractivity contribution < 1.29 is 9.53 Å². The Balaban J connectivity index is 2.31. The molecule has 1 saturated carbocycles. The summed E-state index contributed by atoms with van der Waals surface area (Å²) in [4.78, 5) is 15.9. The topological polar surface area (TPSA) is 62.7 Å². The Bertz CT molecular complexity index is 353. The van der Waals surface area contributed by atoms with Crippen LogP contribution in [0.25, 0.3) is 0 Å². The third kappa shape index (κ3) is 7.34. The van der Waals surface area contributed by atoms with E-state index in [2.05, 4.69) is 22.5 Å². The SMILES string of the molecule is CCC1CCC(NC(=NC)NCC(=O)OC(C)(C)C)CC1. The monoisotopic (exact) mass is 297 g/mol. The van der Waals surface area contributed by atoms with Crippen molar-refractivity contribution in [2.45, 2.75) is 71.4 Å². The fourth-order valence-electron chi connectivity index (χ4n) is 2.64. The number of hydrogen-bond donors (Lipinski definition) is 2. The minimum absolute atomic E-state index is 0.140. The van der Waals surface area contributed by atoms with Crippen LogP contribution in [-0.4, -0.2) is 37.2 Å². The Hall–Kier alpha value is -1.26. The molecule has 0 saturated heterocycles. The molecule has 2 N–H and O–H groups in total. The van der Waals surface area contributed by atoms with Gasteiger partial charge in [0.2, 0.25) is 0 Å². The fourth-order valence-corrected chi connectivity index (χ4v) is 2.64. The number of esters is 1. The van der Waals surface area contributed by atoms with Crippen molar-refractivity contribution in [3.8, 4) is 0 Å². The maximum absolute atomic E-state index is 11.7. The van der Waals surface area contributed by atoms with E-state index in [-0.39, 0.29) is 12.5 Å². The molecule has 0 bridgehead atoms. The highest BCUT2D eigenvalue weighted by Gasteiger charge is 2.21. The number of hydrogen-bond acceptors (Lipinski definition) is 3. The van der Waals surface area contributed by atoms with E-state index in [0.717, 1.165) is 5.92 Å². The first kappa shape index (κ1) is 17.8. The van der Waals surface area contributed by atoms with Crippen molar-refractivity contribution in [1.29, 1.82) is 0 Å². The highest BCUT2D eigenvalue weighted by Crippen LogP contribution is 2.26.